The summed E-state index contributed by atoms with van der Waals surface area (Å²) in [7, 11) is 0. The van der Waals surface area contributed by atoms with Crippen LogP contribution in [-0.4, -0.2) is 19.1 Å². The summed E-state index contributed by atoms with van der Waals surface area (Å²) in [6.45, 7) is 0. The summed E-state index contributed by atoms with van der Waals surface area (Å²) in [6.07, 6.45) is 0. The van der Waals surface area contributed by atoms with Crippen molar-refractivity contribution in [3.63, 3.8) is 0 Å². The summed E-state index contributed by atoms with van der Waals surface area (Å²) in [5.74, 6) is 0. The van der Waals surface area contributed by atoms with E-state index in [1.54, 1.807) is 19.1 Å². The van der Waals surface area contributed by atoms with Gasteiger partial charge in [0.2, 0.25) is 0 Å². The Balaban J connectivity index is -0.0000000133. The molecule has 1 nitrogen and oxygen atoms in total. The quantitative estimate of drug-likeness (QED) is 0.501. The molecule has 29 valence electrons. The second kappa shape index (κ2) is 30.6. The van der Waals surface area contributed by atoms with Crippen molar-refractivity contribution in [2.45, 2.75) is 0 Å². The van der Waals surface area contributed by atoms with Crippen LogP contribution in [0.2, 0.25) is 0 Å². The van der Waals surface area contributed by atoms with Gasteiger partial charge in [-0.05, 0) is 0 Å². The Hall–Kier alpha value is 2.60. The van der Waals surface area contributed by atoms with Crippen molar-refractivity contribution in [1.29, 1.82) is 0 Å². The standard InChI is InChI=1S/Mo.Nb.O.H2Te.V/h;;;1H2;/q+1;;;;/p-1. The molecular weight excluding hydrogens is 383 g/mol. The van der Waals surface area contributed by atoms with Crippen molar-refractivity contribution < 1.29 is 59.1 Å². The Bertz CT molecular complexity index is 11.6. The van der Waals surface area contributed by atoms with E-state index < -0.39 is 0 Å². The van der Waals surface area contributed by atoms with E-state index in [4.69, 9.17) is 3.25 Å². The number of hydrogen-bond donors (Lipinski definition) is 0. The number of rotatable bonds is 0. The Morgan fingerprint density at radius 1 is 1.40 bits per heavy atom. The van der Waals surface area contributed by atoms with Crippen LogP contribution in [-0.2, 0) is 59.1 Å². The van der Waals surface area contributed by atoms with E-state index in [1.807, 2.05) is 16.2 Å². The average Bonchev–Trinajstić information content (AvgIpc) is 1.50. The molecule has 0 aliphatic carbocycles. The zero-order chi connectivity index (χ0) is 4.00. The second-order valence-electron chi connectivity index (χ2n) is 0. The van der Waals surface area contributed by atoms with Crippen molar-refractivity contribution in [3.05, 3.63) is 0 Å². The van der Waals surface area contributed by atoms with Gasteiger partial charge in [-0.1, -0.05) is 0 Å². The molecule has 0 heterocycles. The van der Waals surface area contributed by atoms with Gasteiger partial charge in [0.05, 0.1) is 0 Å². The van der Waals surface area contributed by atoms with E-state index in [0.717, 1.165) is 0 Å². The first-order valence-electron chi connectivity index (χ1n) is 0.365. The van der Waals surface area contributed by atoms with E-state index in [-0.39, 0.29) is 18.6 Å². The first kappa shape index (κ1) is 15.6. The molecule has 0 rings (SSSR count). The van der Waals surface area contributed by atoms with Crippen LogP contribution in [0.25, 0.3) is 0 Å². The van der Waals surface area contributed by atoms with Crippen molar-refractivity contribution in [2.24, 2.45) is 0 Å². The maximum absolute atomic E-state index is 8.30. The molecule has 5 heavy (non-hydrogen) atoms. The Morgan fingerprint density at radius 3 is 1.40 bits per heavy atom. The molecule has 0 saturated heterocycles. The summed E-state index contributed by atoms with van der Waals surface area (Å²) >= 11 is 4.26. The van der Waals surface area contributed by atoms with Gasteiger partial charge in [-0.3, -0.25) is 0 Å². The van der Waals surface area contributed by atoms with E-state index >= 15 is 0 Å². The van der Waals surface area contributed by atoms with Crippen LogP contribution in [0.5, 0.6) is 0 Å². The Morgan fingerprint density at radius 2 is 1.40 bits per heavy atom. The minimum Gasteiger partial charge on any atom is 0 e. The van der Waals surface area contributed by atoms with Gasteiger partial charge in [0.25, 0.3) is 0 Å². The van der Waals surface area contributed by atoms with Crippen molar-refractivity contribution in [2.75, 3.05) is 0 Å². The first-order valence-corrected chi connectivity index (χ1v) is 8.33. The van der Waals surface area contributed by atoms with Gasteiger partial charge < -0.3 is 0 Å². The van der Waals surface area contributed by atoms with Crippen LogP contribution in [0.3, 0.4) is 0 Å². The molecule has 0 fully saturated rings. The fourth-order valence-electron chi connectivity index (χ4n) is 0. The van der Waals surface area contributed by atoms with Crippen LogP contribution in [0.15, 0.2) is 0 Å². The second-order valence-corrected chi connectivity index (χ2v) is 0. The topological polar surface area (TPSA) is 17.1 Å². The number of hydrogen-bond acceptors (Lipinski definition) is 1. The zero-order valence-corrected chi connectivity index (χ0v) is 10.3. The molecule has 0 aliphatic rings. The molecule has 0 atom stereocenters. The Kier molecular flexibility index (Phi) is 95.7. The smallest absolute Gasteiger partial charge is 0 e. The molecule has 0 bridgehead atoms. The predicted octanol–water partition coefficient (Wildman–Crippen LogP) is -0.775. The fourth-order valence-corrected chi connectivity index (χ4v) is 0. The third kappa shape index (κ3) is 20.6. The van der Waals surface area contributed by atoms with Gasteiger partial charge in [-0.2, -0.15) is 0 Å². The van der Waals surface area contributed by atoms with E-state index in [0.29, 0.717) is 21.0 Å². The summed E-state index contributed by atoms with van der Waals surface area (Å²) in [6, 6.07) is 0. The molecule has 0 aromatic heterocycles. The molecule has 0 aromatic rings. The van der Waals surface area contributed by atoms with Crippen LogP contribution < -0.4 is 0 Å². The molecule has 5 heteroatoms. The van der Waals surface area contributed by atoms with E-state index in [2.05, 4.69) is 0 Å². The third-order valence-electron chi connectivity index (χ3n) is 0. The molecule has 0 aliphatic heterocycles. The Labute approximate surface area is 76.7 Å². The minimum atomic E-state index is 0. The summed E-state index contributed by atoms with van der Waals surface area (Å²) in [5.41, 5.74) is 0. The minimum absolute atomic E-state index is 0. The average molecular weight is 384 g/mol. The monoisotopic (exact) mass is 389 g/mol. The van der Waals surface area contributed by atoms with Crippen molar-refractivity contribution in [3.8, 4) is 0 Å². The van der Waals surface area contributed by atoms with Gasteiger partial charge in [0.1, 0.15) is 0 Å². The molecule has 0 amide bonds. The van der Waals surface area contributed by atoms with Crippen molar-refractivity contribution >= 4 is 19.1 Å². The first-order chi connectivity index (χ1) is 2.00. The van der Waals surface area contributed by atoms with Gasteiger partial charge in [-0.25, -0.2) is 0 Å². The van der Waals surface area contributed by atoms with Crippen LogP contribution in [0.4, 0.5) is 0 Å². The maximum Gasteiger partial charge on any atom is 0 e. The van der Waals surface area contributed by atoms with Gasteiger partial charge in [0, 0.05) is 18.6 Å². The molecule has 1 radical (unpaired) electrons. The molecule has 0 aromatic carbocycles. The summed E-state index contributed by atoms with van der Waals surface area (Å²) in [4.78, 5) is 0. The fraction of sp³-hybridized carbons (Fsp3) is 0. The largest absolute Gasteiger partial charge is 0 e. The zero-order valence-electron chi connectivity index (χ0n) is 2.16. The predicted molar refractivity (Wildman–Crippen MR) is 7.84 cm³/mol. The molecule has 0 spiro atoms. The van der Waals surface area contributed by atoms with E-state index in [9.17, 15) is 0 Å². The van der Waals surface area contributed by atoms with Crippen LogP contribution >= 0.6 is 0 Å². The summed E-state index contributed by atoms with van der Waals surface area (Å²) in [5, 5.41) is 0. The normalized spacial score (nSPS) is 1.60. The summed E-state index contributed by atoms with van der Waals surface area (Å²) < 4.78 is 8.30. The third-order valence-corrected chi connectivity index (χ3v) is 0. The molecule has 0 saturated carbocycles. The van der Waals surface area contributed by atoms with Crippen molar-refractivity contribution in [1.82, 2.24) is 0 Å². The molecular formula is HMoNbOTeV. The van der Waals surface area contributed by atoms with Gasteiger partial charge in [-0.15, -0.1) is 0 Å². The SMILES string of the molecule is [Mo][TeH].[O]=[Nb].[V]. The van der Waals surface area contributed by atoms with Gasteiger partial charge in [0.15, 0.2) is 0 Å². The maximum atomic E-state index is 8.30. The van der Waals surface area contributed by atoms with Gasteiger partial charge >= 0.3 is 59.6 Å². The van der Waals surface area contributed by atoms with Crippen LogP contribution in [0, 0.1) is 0 Å². The molecule has 0 N–H and O–H groups in total. The van der Waals surface area contributed by atoms with E-state index in [1.165, 1.54) is 0 Å². The van der Waals surface area contributed by atoms with Crippen LogP contribution in [0.1, 0.15) is 0 Å². The molecule has 0 unspecified atom stereocenters.